The minimum atomic E-state index is -0.418. The molecule has 0 aliphatic carbocycles. The molecule has 10 heteroatoms. The minimum absolute atomic E-state index is 0.184. The standard InChI is InChI=1S/C20H22N6O3S/c27-17-14-16(26-19(21-17)30-20(22-26)25-10-12-29-13-11-25)18(28)24-8-6-23(7-9-24)15-4-2-1-3-5-15/h1-5,14H,6-13H2. The van der Waals surface area contributed by atoms with Crippen LogP contribution in [0.3, 0.4) is 0 Å². The monoisotopic (exact) mass is 426 g/mol. The van der Waals surface area contributed by atoms with Crippen LogP contribution in [0.25, 0.3) is 4.96 Å². The van der Waals surface area contributed by atoms with Crippen molar-refractivity contribution in [1.29, 1.82) is 0 Å². The lowest BCUT2D eigenvalue weighted by Crippen LogP contribution is -2.49. The largest absolute Gasteiger partial charge is 0.378 e. The van der Waals surface area contributed by atoms with E-state index >= 15 is 0 Å². The highest BCUT2D eigenvalue weighted by Gasteiger charge is 2.26. The summed E-state index contributed by atoms with van der Waals surface area (Å²) in [6.45, 7) is 5.41. The molecule has 0 spiro atoms. The topological polar surface area (TPSA) is 83.3 Å². The fraction of sp³-hybridized carbons (Fsp3) is 0.400. The zero-order chi connectivity index (χ0) is 20.5. The summed E-state index contributed by atoms with van der Waals surface area (Å²) in [6, 6.07) is 11.5. The van der Waals surface area contributed by atoms with Gasteiger partial charge in [-0.1, -0.05) is 29.5 Å². The van der Waals surface area contributed by atoms with Crippen LogP contribution in [0.5, 0.6) is 0 Å². The van der Waals surface area contributed by atoms with E-state index in [1.807, 2.05) is 18.2 Å². The normalized spacial score (nSPS) is 17.5. The van der Waals surface area contributed by atoms with E-state index in [2.05, 4.69) is 32.0 Å². The highest BCUT2D eigenvalue weighted by atomic mass is 32.1. The molecule has 0 bridgehead atoms. The molecule has 4 heterocycles. The Hall–Kier alpha value is -2.98. The number of ether oxygens (including phenoxy) is 1. The molecule has 1 aromatic carbocycles. The van der Waals surface area contributed by atoms with Gasteiger partial charge >= 0.3 is 0 Å². The third-order valence-corrected chi connectivity index (χ3v) is 6.40. The summed E-state index contributed by atoms with van der Waals surface area (Å²) in [7, 11) is 0. The number of morpholine rings is 1. The van der Waals surface area contributed by atoms with Gasteiger partial charge in [-0.2, -0.15) is 9.50 Å². The number of aromatic nitrogens is 3. The molecular formula is C20H22N6O3S. The van der Waals surface area contributed by atoms with Crippen LogP contribution in [-0.2, 0) is 4.74 Å². The van der Waals surface area contributed by atoms with E-state index < -0.39 is 5.56 Å². The van der Waals surface area contributed by atoms with Gasteiger partial charge in [0.05, 0.1) is 13.2 Å². The Balaban J connectivity index is 1.38. The summed E-state index contributed by atoms with van der Waals surface area (Å²) in [5, 5.41) is 5.35. The fourth-order valence-electron chi connectivity index (χ4n) is 3.81. The van der Waals surface area contributed by atoms with Crippen LogP contribution in [-0.4, -0.2) is 77.9 Å². The molecule has 30 heavy (non-hydrogen) atoms. The van der Waals surface area contributed by atoms with Crippen molar-refractivity contribution in [1.82, 2.24) is 19.5 Å². The predicted molar refractivity (Wildman–Crippen MR) is 115 cm³/mol. The molecule has 1 amide bonds. The summed E-state index contributed by atoms with van der Waals surface area (Å²) >= 11 is 1.33. The van der Waals surface area contributed by atoms with Crippen LogP contribution in [0.2, 0.25) is 0 Å². The van der Waals surface area contributed by atoms with Gasteiger partial charge in [0, 0.05) is 51.0 Å². The van der Waals surface area contributed by atoms with Crippen molar-refractivity contribution in [3.05, 3.63) is 52.4 Å². The lowest BCUT2D eigenvalue weighted by molar-refractivity contribution is 0.0737. The van der Waals surface area contributed by atoms with E-state index in [0.717, 1.165) is 37.0 Å². The second kappa shape index (κ2) is 8.04. The van der Waals surface area contributed by atoms with E-state index in [4.69, 9.17) is 4.74 Å². The fourth-order valence-corrected chi connectivity index (χ4v) is 4.77. The number of hydrogen-bond acceptors (Lipinski definition) is 8. The van der Waals surface area contributed by atoms with E-state index in [9.17, 15) is 9.59 Å². The highest BCUT2D eigenvalue weighted by molar-refractivity contribution is 7.20. The van der Waals surface area contributed by atoms with Crippen LogP contribution in [0, 0.1) is 0 Å². The van der Waals surface area contributed by atoms with Gasteiger partial charge in [-0.05, 0) is 12.1 Å². The van der Waals surface area contributed by atoms with Gasteiger partial charge in [0.15, 0.2) is 0 Å². The molecule has 5 rings (SSSR count). The van der Waals surface area contributed by atoms with Gasteiger partial charge in [-0.3, -0.25) is 9.59 Å². The summed E-state index contributed by atoms with van der Waals surface area (Å²) in [6.07, 6.45) is 0. The molecular weight excluding hydrogens is 404 g/mol. The molecule has 2 fully saturated rings. The van der Waals surface area contributed by atoms with Crippen molar-refractivity contribution in [2.75, 3.05) is 62.3 Å². The Bertz CT molecular complexity index is 1100. The molecule has 0 N–H and O–H groups in total. The number of anilines is 2. The molecule has 2 aromatic heterocycles. The first kappa shape index (κ1) is 19.0. The van der Waals surface area contributed by atoms with Gasteiger partial charge in [0.1, 0.15) is 5.69 Å². The number of carbonyl (C=O) groups is 1. The maximum atomic E-state index is 13.2. The summed E-state index contributed by atoms with van der Waals surface area (Å²) in [5.41, 5.74) is 1.01. The number of carbonyl (C=O) groups excluding carboxylic acids is 1. The molecule has 0 radical (unpaired) electrons. The maximum Gasteiger partial charge on any atom is 0.274 e. The van der Waals surface area contributed by atoms with E-state index in [0.29, 0.717) is 31.3 Å². The van der Waals surface area contributed by atoms with Gasteiger partial charge in [0.25, 0.3) is 11.5 Å². The number of benzene rings is 1. The number of hydrogen-bond donors (Lipinski definition) is 0. The maximum absolute atomic E-state index is 13.2. The van der Waals surface area contributed by atoms with Crippen molar-refractivity contribution in [3.63, 3.8) is 0 Å². The Kier molecular flexibility index (Phi) is 5.09. The van der Waals surface area contributed by atoms with Crippen LogP contribution in [0.1, 0.15) is 10.5 Å². The average molecular weight is 427 g/mol. The zero-order valence-electron chi connectivity index (χ0n) is 16.4. The van der Waals surface area contributed by atoms with Crippen molar-refractivity contribution in [2.45, 2.75) is 0 Å². The lowest BCUT2D eigenvalue weighted by Gasteiger charge is -2.36. The first-order valence-corrected chi connectivity index (χ1v) is 10.8. The van der Waals surface area contributed by atoms with Crippen molar-refractivity contribution in [2.24, 2.45) is 0 Å². The summed E-state index contributed by atoms with van der Waals surface area (Å²) in [4.78, 5) is 36.0. The highest BCUT2D eigenvalue weighted by Crippen LogP contribution is 2.24. The van der Waals surface area contributed by atoms with E-state index in [-0.39, 0.29) is 11.6 Å². The van der Waals surface area contributed by atoms with E-state index in [1.165, 1.54) is 21.9 Å². The van der Waals surface area contributed by atoms with Gasteiger partial charge < -0.3 is 19.4 Å². The van der Waals surface area contributed by atoms with Gasteiger partial charge in [-0.25, -0.2) is 0 Å². The van der Waals surface area contributed by atoms with Crippen molar-refractivity contribution < 1.29 is 9.53 Å². The summed E-state index contributed by atoms with van der Waals surface area (Å²) in [5.74, 6) is -0.184. The van der Waals surface area contributed by atoms with Gasteiger partial charge in [-0.15, -0.1) is 5.10 Å². The van der Waals surface area contributed by atoms with Gasteiger partial charge in [0.2, 0.25) is 10.1 Å². The second-order valence-electron chi connectivity index (χ2n) is 7.27. The third-order valence-electron chi connectivity index (χ3n) is 5.43. The number of piperazine rings is 1. The minimum Gasteiger partial charge on any atom is -0.378 e. The Labute approximate surface area is 177 Å². The number of para-hydroxylation sites is 1. The molecule has 2 aliphatic rings. The predicted octanol–water partition coefficient (Wildman–Crippen LogP) is 0.950. The van der Waals surface area contributed by atoms with Crippen LogP contribution < -0.4 is 15.4 Å². The van der Waals surface area contributed by atoms with Crippen molar-refractivity contribution in [3.8, 4) is 0 Å². The molecule has 3 aromatic rings. The molecule has 0 unspecified atom stereocenters. The Morgan fingerprint density at radius 1 is 0.967 bits per heavy atom. The number of nitrogens with zero attached hydrogens (tertiary/aromatic N) is 6. The molecule has 9 nitrogen and oxygen atoms in total. The molecule has 156 valence electrons. The lowest BCUT2D eigenvalue weighted by atomic mass is 10.2. The number of rotatable bonds is 3. The summed E-state index contributed by atoms with van der Waals surface area (Å²) < 4.78 is 6.91. The smallest absolute Gasteiger partial charge is 0.274 e. The van der Waals surface area contributed by atoms with Crippen LogP contribution in [0.4, 0.5) is 10.8 Å². The number of amides is 1. The second-order valence-corrected chi connectivity index (χ2v) is 8.21. The number of fused-ring (bicyclic) bond motifs is 1. The SMILES string of the molecule is O=C(c1cc(=O)nc2sc(N3CCOCC3)nn12)N1CCN(c2ccccc2)CC1. The molecule has 0 saturated carbocycles. The van der Waals surface area contributed by atoms with E-state index in [1.54, 1.807) is 4.90 Å². The van der Waals surface area contributed by atoms with Crippen LogP contribution in [0.15, 0.2) is 41.2 Å². The molecule has 0 atom stereocenters. The quantitative estimate of drug-likeness (QED) is 0.617. The van der Waals surface area contributed by atoms with Crippen LogP contribution >= 0.6 is 11.3 Å². The molecule has 2 aliphatic heterocycles. The van der Waals surface area contributed by atoms with Crippen molar-refractivity contribution >= 4 is 33.0 Å². The Morgan fingerprint density at radius 2 is 1.70 bits per heavy atom. The third kappa shape index (κ3) is 3.63. The zero-order valence-corrected chi connectivity index (χ0v) is 17.3. The first-order chi connectivity index (χ1) is 14.7. The Morgan fingerprint density at radius 3 is 2.43 bits per heavy atom. The first-order valence-electron chi connectivity index (χ1n) is 10.0. The molecule has 2 saturated heterocycles. The average Bonchev–Trinajstić information content (AvgIpc) is 3.23.